The molecule has 0 saturated carbocycles. The summed E-state index contributed by atoms with van der Waals surface area (Å²) in [6.07, 6.45) is 0.975. The van der Waals surface area contributed by atoms with Crippen LogP contribution >= 0.6 is 0 Å². The number of ketones is 1. The maximum atomic E-state index is 11.4. The van der Waals surface area contributed by atoms with Crippen LogP contribution in [-0.2, 0) is 0 Å². The molecule has 13 heavy (non-hydrogen) atoms. The molecule has 3 nitrogen and oxygen atoms in total. The average Bonchev–Trinajstić information content (AvgIpc) is 2.19. The molecule has 1 aromatic rings. The highest BCUT2D eigenvalue weighted by atomic mass is 16.4. The van der Waals surface area contributed by atoms with Crippen molar-refractivity contribution in [2.75, 3.05) is 0 Å². The quantitative estimate of drug-likeness (QED) is 0.483. The number of carbonyl (C=O) groups is 1. The Labute approximate surface area is 75.7 Å². The lowest BCUT2D eigenvalue weighted by Gasteiger charge is -2.14. The fourth-order valence-electron chi connectivity index (χ4n) is 1.58. The fraction of sp³-hybridized carbons (Fsp3) is 0.200. The van der Waals surface area contributed by atoms with Crippen LogP contribution in [0.3, 0.4) is 0 Å². The van der Waals surface area contributed by atoms with Crippen molar-refractivity contribution in [2.45, 2.75) is 12.8 Å². The number of hydrogen-bond donors (Lipinski definition) is 1. The molecule has 0 fully saturated rings. The normalized spacial score (nSPS) is 18.8. The van der Waals surface area contributed by atoms with E-state index in [1.807, 2.05) is 12.1 Å². The van der Waals surface area contributed by atoms with Gasteiger partial charge in [0.25, 0.3) is 0 Å². The first-order valence-corrected chi connectivity index (χ1v) is 4.16. The summed E-state index contributed by atoms with van der Waals surface area (Å²) in [5.74, 6) is 0.128. The molecule has 1 N–H and O–H groups in total. The zero-order chi connectivity index (χ0) is 9.26. The summed E-state index contributed by atoms with van der Waals surface area (Å²) in [6, 6.07) is 7.23. The molecule has 0 heterocycles. The molecular formula is C10H9NO2. The second-order valence-corrected chi connectivity index (χ2v) is 3.02. The molecule has 0 spiro atoms. The summed E-state index contributed by atoms with van der Waals surface area (Å²) < 4.78 is 0. The molecule has 2 rings (SSSR count). The van der Waals surface area contributed by atoms with Crippen molar-refractivity contribution in [3.05, 3.63) is 35.4 Å². The van der Waals surface area contributed by atoms with Crippen LogP contribution in [0.2, 0.25) is 0 Å². The lowest BCUT2D eigenvalue weighted by atomic mass is 9.89. The second kappa shape index (κ2) is 3.01. The van der Waals surface area contributed by atoms with Gasteiger partial charge in [0.15, 0.2) is 5.78 Å². The van der Waals surface area contributed by atoms with Crippen molar-refractivity contribution in [2.24, 2.45) is 5.16 Å². The van der Waals surface area contributed by atoms with Gasteiger partial charge in [-0.2, -0.15) is 0 Å². The number of oxime groups is 1. The molecular weight excluding hydrogens is 166 g/mol. The predicted molar refractivity (Wildman–Crippen MR) is 48.3 cm³/mol. The minimum Gasteiger partial charge on any atom is -0.411 e. The van der Waals surface area contributed by atoms with Gasteiger partial charge in [0.1, 0.15) is 0 Å². The zero-order valence-electron chi connectivity index (χ0n) is 7.03. The number of carbonyl (C=O) groups excluding carboxylic acids is 1. The smallest absolute Gasteiger partial charge is 0.163 e. The highest BCUT2D eigenvalue weighted by Gasteiger charge is 2.21. The van der Waals surface area contributed by atoms with Crippen molar-refractivity contribution >= 4 is 11.5 Å². The van der Waals surface area contributed by atoms with Gasteiger partial charge in [-0.15, -0.1) is 0 Å². The van der Waals surface area contributed by atoms with Crippen molar-refractivity contribution in [3.63, 3.8) is 0 Å². The van der Waals surface area contributed by atoms with Gasteiger partial charge in [-0.05, 0) is 0 Å². The molecule has 66 valence electrons. The molecule has 0 aliphatic heterocycles. The Hall–Kier alpha value is -1.64. The number of benzene rings is 1. The van der Waals surface area contributed by atoms with E-state index in [0.29, 0.717) is 24.1 Å². The first kappa shape index (κ1) is 7.98. The largest absolute Gasteiger partial charge is 0.411 e. The number of rotatable bonds is 0. The second-order valence-electron chi connectivity index (χ2n) is 3.02. The summed E-state index contributed by atoms with van der Waals surface area (Å²) in [5, 5.41) is 11.9. The maximum Gasteiger partial charge on any atom is 0.163 e. The molecule has 0 unspecified atom stereocenters. The summed E-state index contributed by atoms with van der Waals surface area (Å²) in [6.45, 7) is 0. The summed E-state index contributed by atoms with van der Waals surface area (Å²) in [7, 11) is 0. The Kier molecular flexibility index (Phi) is 1.85. The first-order valence-electron chi connectivity index (χ1n) is 4.16. The van der Waals surface area contributed by atoms with Crippen LogP contribution in [0, 0.1) is 0 Å². The van der Waals surface area contributed by atoms with E-state index < -0.39 is 0 Å². The van der Waals surface area contributed by atoms with E-state index >= 15 is 0 Å². The van der Waals surface area contributed by atoms with E-state index in [4.69, 9.17) is 5.21 Å². The van der Waals surface area contributed by atoms with E-state index in [1.54, 1.807) is 12.1 Å². The summed E-state index contributed by atoms with van der Waals surface area (Å²) in [5.41, 5.74) is 2.04. The SMILES string of the molecule is O=C1CC/C(=N\O)c2ccccc21. The minimum atomic E-state index is 0.128. The molecule has 0 bridgehead atoms. The van der Waals surface area contributed by atoms with Gasteiger partial charge in [0.2, 0.25) is 0 Å². The Bertz CT molecular complexity index is 382. The molecule has 0 atom stereocenters. The standard InChI is InChI=1S/C10H9NO2/c12-10-6-5-9(11-13)7-3-1-2-4-8(7)10/h1-4,13H,5-6H2/b11-9+. The minimum absolute atomic E-state index is 0.128. The molecule has 0 aromatic heterocycles. The van der Waals surface area contributed by atoms with Crippen LogP contribution in [0.4, 0.5) is 0 Å². The monoisotopic (exact) mass is 175 g/mol. The molecule has 3 heteroatoms. The van der Waals surface area contributed by atoms with Gasteiger partial charge in [-0.3, -0.25) is 4.79 Å². The fourth-order valence-corrected chi connectivity index (χ4v) is 1.58. The van der Waals surface area contributed by atoms with Gasteiger partial charge in [0, 0.05) is 24.0 Å². The summed E-state index contributed by atoms with van der Waals surface area (Å²) in [4.78, 5) is 11.4. The first-order chi connectivity index (χ1) is 6.33. The average molecular weight is 175 g/mol. The topological polar surface area (TPSA) is 49.7 Å². The van der Waals surface area contributed by atoms with Gasteiger partial charge in [0.05, 0.1) is 5.71 Å². The number of fused-ring (bicyclic) bond motifs is 1. The van der Waals surface area contributed by atoms with Gasteiger partial charge in [-0.1, -0.05) is 29.4 Å². The third kappa shape index (κ3) is 1.22. The van der Waals surface area contributed by atoms with Crippen LogP contribution in [-0.4, -0.2) is 16.7 Å². The zero-order valence-corrected chi connectivity index (χ0v) is 7.03. The Morgan fingerprint density at radius 3 is 2.54 bits per heavy atom. The van der Waals surface area contributed by atoms with Crippen LogP contribution in [0.15, 0.2) is 29.4 Å². The molecule has 1 aromatic carbocycles. The van der Waals surface area contributed by atoms with Crippen LogP contribution in [0.5, 0.6) is 0 Å². The molecule has 0 amide bonds. The van der Waals surface area contributed by atoms with Crippen LogP contribution in [0.25, 0.3) is 0 Å². The number of hydrogen-bond acceptors (Lipinski definition) is 3. The number of nitrogens with zero attached hydrogens (tertiary/aromatic N) is 1. The van der Waals surface area contributed by atoms with Crippen LogP contribution < -0.4 is 0 Å². The lowest BCUT2D eigenvalue weighted by Crippen LogP contribution is -2.17. The Morgan fingerprint density at radius 2 is 1.85 bits per heavy atom. The third-order valence-corrected chi connectivity index (χ3v) is 2.25. The van der Waals surface area contributed by atoms with Gasteiger partial charge in [-0.25, -0.2) is 0 Å². The molecule has 1 aliphatic rings. The molecule has 0 saturated heterocycles. The van der Waals surface area contributed by atoms with Crippen LogP contribution in [0.1, 0.15) is 28.8 Å². The number of Topliss-reactive ketones (excluding diaryl/α,β-unsaturated/α-hetero) is 1. The van der Waals surface area contributed by atoms with Gasteiger partial charge >= 0.3 is 0 Å². The Balaban J connectivity index is 2.61. The van der Waals surface area contributed by atoms with E-state index in [-0.39, 0.29) is 5.78 Å². The highest BCUT2D eigenvalue weighted by Crippen LogP contribution is 2.21. The van der Waals surface area contributed by atoms with E-state index in [1.165, 1.54) is 0 Å². The molecule has 1 aliphatic carbocycles. The Morgan fingerprint density at radius 1 is 1.15 bits per heavy atom. The third-order valence-electron chi connectivity index (χ3n) is 2.25. The van der Waals surface area contributed by atoms with E-state index in [9.17, 15) is 4.79 Å². The van der Waals surface area contributed by atoms with Crippen molar-refractivity contribution in [3.8, 4) is 0 Å². The van der Waals surface area contributed by atoms with Crippen molar-refractivity contribution < 1.29 is 10.0 Å². The van der Waals surface area contributed by atoms with E-state index in [2.05, 4.69) is 5.16 Å². The van der Waals surface area contributed by atoms with Crippen molar-refractivity contribution in [1.29, 1.82) is 0 Å². The maximum absolute atomic E-state index is 11.4. The van der Waals surface area contributed by atoms with Crippen molar-refractivity contribution in [1.82, 2.24) is 0 Å². The molecule has 0 radical (unpaired) electrons. The highest BCUT2D eigenvalue weighted by molar-refractivity contribution is 6.15. The lowest BCUT2D eigenvalue weighted by molar-refractivity contribution is 0.0981. The predicted octanol–water partition coefficient (Wildman–Crippen LogP) is 1.84. The van der Waals surface area contributed by atoms with Gasteiger partial charge < -0.3 is 5.21 Å². The van der Waals surface area contributed by atoms with E-state index in [0.717, 1.165) is 5.56 Å². The summed E-state index contributed by atoms with van der Waals surface area (Å²) >= 11 is 0.